The summed E-state index contributed by atoms with van der Waals surface area (Å²) in [5.74, 6) is -0.101. The molecule has 7 heteroatoms. The monoisotopic (exact) mass is 350 g/mol. The van der Waals surface area contributed by atoms with Crippen molar-refractivity contribution >= 4 is 28.1 Å². The molecule has 21 heavy (non-hydrogen) atoms. The van der Waals surface area contributed by atoms with Crippen LogP contribution in [0, 0.1) is 13.8 Å². The van der Waals surface area contributed by atoms with Crippen LogP contribution in [0.2, 0.25) is 0 Å². The first kappa shape index (κ1) is 15.2. The lowest BCUT2D eigenvalue weighted by atomic mass is 10.2. The summed E-state index contributed by atoms with van der Waals surface area (Å²) in [5, 5.41) is 17.5. The Labute approximate surface area is 130 Å². The number of hydrazone groups is 1. The Bertz CT molecular complexity index is 694. The molecule has 0 saturated carbocycles. The predicted octanol–water partition coefficient (Wildman–Crippen LogP) is 2.12. The van der Waals surface area contributed by atoms with Crippen molar-refractivity contribution in [2.24, 2.45) is 5.10 Å². The predicted molar refractivity (Wildman–Crippen MR) is 83.2 cm³/mol. The number of amides is 1. The summed E-state index contributed by atoms with van der Waals surface area (Å²) in [6.45, 7) is 3.89. The standard InChI is InChI=1S/C14H15BrN4O2/c1-9-5-10(2)19(18-9)8-14(21)17-16-7-11-3-4-13(20)12(15)6-11/h3-7,20H,8H2,1-2H3,(H,17,21). The number of rotatable bonds is 4. The molecule has 2 rings (SSSR count). The Hall–Kier alpha value is -2.15. The zero-order valence-corrected chi connectivity index (χ0v) is 13.3. The molecule has 0 atom stereocenters. The molecule has 6 nitrogen and oxygen atoms in total. The van der Waals surface area contributed by atoms with Gasteiger partial charge in [-0.2, -0.15) is 10.2 Å². The highest BCUT2D eigenvalue weighted by molar-refractivity contribution is 9.10. The number of aromatic nitrogens is 2. The van der Waals surface area contributed by atoms with Gasteiger partial charge in [-0.15, -0.1) is 0 Å². The Balaban J connectivity index is 1.93. The van der Waals surface area contributed by atoms with Crippen LogP contribution in [0.25, 0.3) is 0 Å². The summed E-state index contributed by atoms with van der Waals surface area (Å²) < 4.78 is 2.19. The van der Waals surface area contributed by atoms with Crippen molar-refractivity contribution in [3.63, 3.8) is 0 Å². The molecule has 0 aliphatic heterocycles. The molecule has 1 amide bonds. The lowest BCUT2D eigenvalue weighted by Crippen LogP contribution is -2.24. The van der Waals surface area contributed by atoms with Gasteiger partial charge in [0.15, 0.2) is 0 Å². The Kier molecular flexibility index (Phi) is 4.74. The fraction of sp³-hybridized carbons (Fsp3) is 0.214. The highest BCUT2D eigenvalue weighted by atomic mass is 79.9. The van der Waals surface area contributed by atoms with Crippen LogP contribution in [-0.4, -0.2) is 27.0 Å². The normalized spacial score (nSPS) is 11.0. The average molecular weight is 351 g/mol. The molecule has 0 saturated heterocycles. The molecule has 2 N–H and O–H groups in total. The number of aromatic hydroxyl groups is 1. The molecule has 1 aromatic heterocycles. The van der Waals surface area contributed by atoms with E-state index in [-0.39, 0.29) is 18.2 Å². The maximum atomic E-state index is 11.8. The molecule has 0 spiro atoms. The number of phenolic OH excluding ortho intramolecular Hbond substituents is 1. The Morgan fingerprint density at radius 3 is 2.86 bits per heavy atom. The van der Waals surface area contributed by atoms with Gasteiger partial charge in [-0.25, -0.2) is 5.43 Å². The number of halogens is 1. The minimum absolute atomic E-state index is 0.121. The van der Waals surface area contributed by atoms with E-state index in [1.807, 2.05) is 19.9 Å². The highest BCUT2D eigenvalue weighted by Gasteiger charge is 2.05. The molecular formula is C14H15BrN4O2. The summed E-state index contributed by atoms with van der Waals surface area (Å²) in [6.07, 6.45) is 1.50. The van der Waals surface area contributed by atoms with E-state index in [0.717, 1.165) is 17.0 Å². The minimum atomic E-state index is -0.254. The van der Waals surface area contributed by atoms with Crippen LogP contribution >= 0.6 is 15.9 Å². The van der Waals surface area contributed by atoms with Gasteiger partial charge in [0, 0.05) is 5.69 Å². The van der Waals surface area contributed by atoms with E-state index < -0.39 is 0 Å². The zero-order valence-electron chi connectivity index (χ0n) is 11.7. The summed E-state index contributed by atoms with van der Waals surface area (Å²) in [6, 6.07) is 6.84. The first-order valence-electron chi connectivity index (χ1n) is 6.27. The number of nitrogens with zero attached hydrogens (tertiary/aromatic N) is 3. The van der Waals surface area contributed by atoms with Gasteiger partial charge in [0.05, 0.1) is 16.4 Å². The maximum Gasteiger partial charge on any atom is 0.261 e. The molecular weight excluding hydrogens is 336 g/mol. The second-order valence-corrected chi connectivity index (χ2v) is 5.44. The van der Waals surface area contributed by atoms with Crippen molar-refractivity contribution < 1.29 is 9.90 Å². The van der Waals surface area contributed by atoms with Gasteiger partial charge >= 0.3 is 0 Å². The molecule has 0 aliphatic carbocycles. The molecule has 110 valence electrons. The van der Waals surface area contributed by atoms with Gasteiger partial charge < -0.3 is 5.11 Å². The van der Waals surface area contributed by atoms with Crippen molar-refractivity contribution in [2.45, 2.75) is 20.4 Å². The zero-order chi connectivity index (χ0) is 15.4. The summed E-state index contributed by atoms with van der Waals surface area (Å²) >= 11 is 3.21. The topological polar surface area (TPSA) is 79.5 Å². The van der Waals surface area contributed by atoms with E-state index in [4.69, 9.17) is 0 Å². The molecule has 0 bridgehead atoms. The number of carbonyl (C=O) groups excluding carboxylic acids is 1. The van der Waals surface area contributed by atoms with E-state index >= 15 is 0 Å². The van der Waals surface area contributed by atoms with E-state index in [1.165, 1.54) is 6.21 Å². The first-order chi connectivity index (χ1) is 9.95. The molecule has 0 unspecified atom stereocenters. The number of carbonyl (C=O) groups is 1. The van der Waals surface area contributed by atoms with E-state index in [2.05, 4.69) is 31.6 Å². The van der Waals surface area contributed by atoms with Crippen LogP contribution in [0.4, 0.5) is 0 Å². The van der Waals surface area contributed by atoms with Crippen LogP contribution in [0.15, 0.2) is 33.8 Å². The van der Waals surface area contributed by atoms with Crippen molar-refractivity contribution in [3.8, 4) is 5.75 Å². The van der Waals surface area contributed by atoms with Crippen LogP contribution in [-0.2, 0) is 11.3 Å². The van der Waals surface area contributed by atoms with Gasteiger partial charge in [-0.3, -0.25) is 9.48 Å². The van der Waals surface area contributed by atoms with Crippen molar-refractivity contribution in [2.75, 3.05) is 0 Å². The van der Waals surface area contributed by atoms with Crippen LogP contribution < -0.4 is 5.43 Å². The third kappa shape index (κ3) is 4.16. The molecule has 1 heterocycles. The molecule has 0 radical (unpaired) electrons. The Morgan fingerprint density at radius 2 is 2.24 bits per heavy atom. The number of phenols is 1. The number of hydrogen-bond donors (Lipinski definition) is 2. The lowest BCUT2D eigenvalue weighted by Gasteiger charge is -2.03. The van der Waals surface area contributed by atoms with Crippen molar-refractivity contribution in [1.82, 2.24) is 15.2 Å². The lowest BCUT2D eigenvalue weighted by molar-refractivity contribution is -0.121. The maximum absolute atomic E-state index is 11.8. The second-order valence-electron chi connectivity index (χ2n) is 4.59. The number of aryl methyl sites for hydroxylation is 2. The molecule has 1 aromatic carbocycles. The molecule has 0 fully saturated rings. The average Bonchev–Trinajstić information content (AvgIpc) is 2.72. The van der Waals surface area contributed by atoms with Gasteiger partial charge in [0.1, 0.15) is 12.3 Å². The van der Waals surface area contributed by atoms with Crippen molar-refractivity contribution in [3.05, 3.63) is 45.7 Å². The fourth-order valence-electron chi connectivity index (χ4n) is 1.79. The van der Waals surface area contributed by atoms with Crippen LogP contribution in [0.1, 0.15) is 17.0 Å². The minimum Gasteiger partial charge on any atom is -0.507 e. The third-order valence-corrected chi connectivity index (χ3v) is 3.41. The smallest absolute Gasteiger partial charge is 0.261 e. The van der Waals surface area contributed by atoms with Gasteiger partial charge in [0.25, 0.3) is 5.91 Å². The fourth-order valence-corrected chi connectivity index (χ4v) is 2.19. The van der Waals surface area contributed by atoms with Gasteiger partial charge in [0.2, 0.25) is 0 Å². The van der Waals surface area contributed by atoms with Crippen LogP contribution in [0.5, 0.6) is 5.75 Å². The first-order valence-corrected chi connectivity index (χ1v) is 7.06. The van der Waals surface area contributed by atoms with Gasteiger partial charge in [-0.05, 0) is 59.6 Å². The SMILES string of the molecule is Cc1cc(C)n(CC(=O)NN=Cc2ccc(O)c(Br)c2)n1. The van der Waals surface area contributed by atoms with E-state index in [9.17, 15) is 9.90 Å². The Morgan fingerprint density at radius 1 is 1.48 bits per heavy atom. The van der Waals surface area contributed by atoms with E-state index in [0.29, 0.717) is 4.47 Å². The second kappa shape index (κ2) is 6.53. The third-order valence-electron chi connectivity index (χ3n) is 2.77. The number of benzene rings is 1. The summed E-state index contributed by atoms with van der Waals surface area (Å²) in [4.78, 5) is 11.8. The largest absolute Gasteiger partial charge is 0.507 e. The van der Waals surface area contributed by atoms with Crippen molar-refractivity contribution in [1.29, 1.82) is 0 Å². The molecule has 2 aromatic rings. The summed E-state index contributed by atoms with van der Waals surface area (Å²) in [7, 11) is 0. The number of nitrogens with one attached hydrogen (secondary N) is 1. The summed E-state index contributed by atoms with van der Waals surface area (Å²) in [5.41, 5.74) is 5.00. The van der Waals surface area contributed by atoms with Gasteiger partial charge in [-0.1, -0.05) is 0 Å². The number of hydrogen-bond acceptors (Lipinski definition) is 4. The molecule has 0 aliphatic rings. The van der Waals surface area contributed by atoms with E-state index in [1.54, 1.807) is 22.9 Å². The quantitative estimate of drug-likeness (QED) is 0.654. The highest BCUT2D eigenvalue weighted by Crippen LogP contribution is 2.23. The van der Waals surface area contributed by atoms with Crippen LogP contribution in [0.3, 0.4) is 0 Å².